The summed E-state index contributed by atoms with van der Waals surface area (Å²) in [7, 11) is 1.98. The minimum absolute atomic E-state index is 0.295. The van der Waals surface area contributed by atoms with E-state index >= 15 is 0 Å². The fourth-order valence-electron chi connectivity index (χ4n) is 1.50. The van der Waals surface area contributed by atoms with E-state index in [1.54, 1.807) is 0 Å². The number of nitrogens with zero attached hydrogens (tertiary/aromatic N) is 2. The zero-order valence-corrected chi connectivity index (χ0v) is 10.3. The van der Waals surface area contributed by atoms with Gasteiger partial charge >= 0.3 is 0 Å². The van der Waals surface area contributed by atoms with Gasteiger partial charge in [-0.15, -0.1) is 11.6 Å². The van der Waals surface area contributed by atoms with Crippen molar-refractivity contribution in [3.63, 3.8) is 0 Å². The third-order valence-electron chi connectivity index (χ3n) is 2.44. The molecule has 1 aromatic rings. The molecule has 0 amide bonds. The van der Waals surface area contributed by atoms with Crippen molar-refractivity contribution < 1.29 is 0 Å². The van der Waals surface area contributed by atoms with Gasteiger partial charge in [0.1, 0.15) is 0 Å². The smallest absolute Gasteiger partial charge is 0.0492 e. The summed E-state index contributed by atoms with van der Waals surface area (Å²) in [6.07, 6.45) is 5.10. The molecular formula is C11H20ClN3. The highest BCUT2D eigenvalue weighted by Crippen LogP contribution is 2.02. The highest BCUT2D eigenvalue weighted by molar-refractivity contribution is 6.20. The molecule has 0 spiro atoms. The Morgan fingerprint density at radius 3 is 2.93 bits per heavy atom. The summed E-state index contributed by atoms with van der Waals surface area (Å²) in [4.78, 5) is 0. The second-order valence-electron chi connectivity index (χ2n) is 3.87. The van der Waals surface area contributed by atoms with E-state index in [-0.39, 0.29) is 0 Å². The Morgan fingerprint density at radius 1 is 1.53 bits per heavy atom. The van der Waals surface area contributed by atoms with Crippen LogP contribution < -0.4 is 5.32 Å². The molecule has 0 aliphatic rings. The van der Waals surface area contributed by atoms with Gasteiger partial charge in [-0.25, -0.2) is 0 Å². The molecule has 1 atom stereocenters. The zero-order valence-electron chi connectivity index (χ0n) is 9.54. The van der Waals surface area contributed by atoms with Gasteiger partial charge in [-0.05, 0) is 32.4 Å². The number of rotatable bonds is 7. The van der Waals surface area contributed by atoms with Crippen LogP contribution in [-0.4, -0.2) is 28.2 Å². The summed E-state index contributed by atoms with van der Waals surface area (Å²) in [6, 6.07) is 2.06. The van der Waals surface area contributed by atoms with E-state index in [0.717, 1.165) is 32.4 Å². The Bertz CT molecular complexity index is 271. The van der Waals surface area contributed by atoms with E-state index < -0.39 is 0 Å². The van der Waals surface area contributed by atoms with Gasteiger partial charge in [-0.2, -0.15) is 5.10 Å². The molecule has 15 heavy (non-hydrogen) atoms. The summed E-state index contributed by atoms with van der Waals surface area (Å²) < 4.78 is 1.92. The van der Waals surface area contributed by atoms with E-state index in [2.05, 4.69) is 16.5 Å². The van der Waals surface area contributed by atoms with E-state index in [4.69, 9.17) is 11.6 Å². The molecule has 0 fully saturated rings. The van der Waals surface area contributed by atoms with Gasteiger partial charge in [-0.1, -0.05) is 0 Å². The maximum absolute atomic E-state index is 5.85. The van der Waals surface area contributed by atoms with Gasteiger partial charge < -0.3 is 5.32 Å². The van der Waals surface area contributed by atoms with Crippen molar-refractivity contribution in [1.29, 1.82) is 0 Å². The van der Waals surface area contributed by atoms with Crippen molar-refractivity contribution in [3.8, 4) is 0 Å². The highest BCUT2D eigenvalue weighted by Gasteiger charge is 1.98. The number of aryl methyl sites for hydroxylation is 1. The van der Waals surface area contributed by atoms with Crippen LogP contribution in [0.3, 0.4) is 0 Å². The van der Waals surface area contributed by atoms with E-state index in [1.807, 2.05) is 24.9 Å². The van der Waals surface area contributed by atoms with Gasteiger partial charge in [0.2, 0.25) is 0 Å². The molecule has 1 aromatic heterocycles. The Kier molecular flexibility index (Phi) is 5.73. The summed E-state index contributed by atoms with van der Waals surface area (Å²) in [6.45, 7) is 4.10. The molecular weight excluding hydrogens is 210 g/mol. The largest absolute Gasteiger partial charge is 0.316 e. The average molecular weight is 230 g/mol. The lowest BCUT2D eigenvalue weighted by Crippen LogP contribution is -2.20. The van der Waals surface area contributed by atoms with Crippen LogP contribution in [0.25, 0.3) is 0 Å². The Balaban J connectivity index is 2.00. The first-order valence-electron chi connectivity index (χ1n) is 5.52. The van der Waals surface area contributed by atoms with Crippen molar-refractivity contribution in [2.24, 2.45) is 7.05 Å². The SMILES string of the molecule is CC(Cl)CCCNCCc1ccnn1C. The number of halogens is 1. The zero-order chi connectivity index (χ0) is 11.1. The number of nitrogens with one attached hydrogen (secondary N) is 1. The molecule has 4 heteroatoms. The molecule has 3 nitrogen and oxygen atoms in total. The van der Waals surface area contributed by atoms with Crippen LogP contribution in [0, 0.1) is 0 Å². The van der Waals surface area contributed by atoms with Crippen LogP contribution in [0.1, 0.15) is 25.5 Å². The normalized spacial score (nSPS) is 13.0. The first kappa shape index (κ1) is 12.5. The second kappa shape index (κ2) is 6.85. The predicted molar refractivity (Wildman–Crippen MR) is 64.3 cm³/mol. The first-order chi connectivity index (χ1) is 7.20. The number of hydrogen-bond donors (Lipinski definition) is 1. The van der Waals surface area contributed by atoms with Gasteiger partial charge in [0.05, 0.1) is 0 Å². The van der Waals surface area contributed by atoms with Crippen molar-refractivity contribution in [2.45, 2.75) is 31.6 Å². The van der Waals surface area contributed by atoms with Crippen LogP contribution in [0.15, 0.2) is 12.3 Å². The van der Waals surface area contributed by atoms with Crippen LogP contribution in [0.2, 0.25) is 0 Å². The molecule has 0 aliphatic heterocycles. The Hall–Kier alpha value is -0.540. The van der Waals surface area contributed by atoms with Crippen molar-refractivity contribution in [1.82, 2.24) is 15.1 Å². The fraction of sp³-hybridized carbons (Fsp3) is 0.727. The lowest BCUT2D eigenvalue weighted by atomic mass is 10.2. The summed E-state index contributed by atoms with van der Waals surface area (Å²) in [5.74, 6) is 0. The van der Waals surface area contributed by atoms with Crippen LogP contribution in [0.4, 0.5) is 0 Å². The Morgan fingerprint density at radius 2 is 2.33 bits per heavy atom. The first-order valence-corrected chi connectivity index (χ1v) is 5.95. The molecule has 1 rings (SSSR count). The molecule has 1 heterocycles. The van der Waals surface area contributed by atoms with E-state index in [1.165, 1.54) is 5.69 Å². The molecule has 0 radical (unpaired) electrons. The lowest BCUT2D eigenvalue weighted by molar-refractivity contribution is 0.604. The quantitative estimate of drug-likeness (QED) is 0.572. The maximum atomic E-state index is 5.85. The predicted octanol–water partition coefficient (Wildman–Crippen LogP) is 1.96. The lowest BCUT2D eigenvalue weighted by Gasteiger charge is -2.05. The summed E-state index contributed by atoms with van der Waals surface area (Å²) in [5, 5.41) is 7.83. The van der Waals surface area contributed by atoms with E-state index in [9.17, 15) is 0 Å². The fourth-order valence-corrected chi connectivity index (χ4v) is 1.65. The topological polar surface area (TPSA) is 29.9 Å². The molecule has 0 aromatic carbocycles. The van der Waals surface area contributed by atoms with E-state index in [0.29, 0.717) is 5.38 Å². The minimum Gasteiger partial charge on any atom is -0.316 e. The molecule has 0 saturated heterocycles. The number of aromatic nitrogens is 2. The second-order valence-corrected chi connectivity index (χ2v) is 4.61. The van der Waals surface area contributed by atoms with Crippen molar-refractivity contribution >= 4 is 11.6 Å². The molecule has 1 unspecified atom stereocenters. The molecule has 0 bridgehead atoms. The highest BCUT2D eigenvalue weighted by atomic mass is 35.5. The third-order valence-corrected chi connectivity index (χ3v) is 2.65. The van der Waals surface area contributed by atoms with Crippen LogP contribution in [0.5, 0.6) is 0 Å². The third kappa shape index (κ3) is 5.19. The average Bonchev–Trinajstić information content (AvgIpc) is 2.57. The van der Waals surface area contributed by atoms with Crippen molar-refractivity contribution in [2.75, 3.05) is 13.1 Å². The molecule has 86 valence electrons. The Labute approximate surface area is 96.8 Å². The van der Waals surface area contributed by atoms with Crippen molar-refractivity contribution in [3.05, 3.63) is 18.0 Å². The molecule has 0 aliphatic carbocycles. The molecule has 1 N–H and O–H groups in total. The molecule has 0 saturated carbocycles. The summed E-state index contributed by atoms with van der Waals surface area (Å²) in [5.41, 5.74) is 1.27. The van der Waals surface area contributed by atoms with Gasteiger partial charge in [0, 0.05) is 37.3 Å². The standard InChI is InChI=1S/C11H20ClN3/c1-10(12)4-3-7-13-8-5-11-6-9-14-15(11)2/h6,9-10,13H,3-5,7-8H2,1-2H3. The number of hydrogen-bond acceptors (Lipinski definition) is 2. The van der Waals surface area contributed by atoms with Crippen LogP contribution >= 0.6 is 11.6 Å². The monoisotopic (exact) mass is 229 g/mol. The van der Waals surface area contributed by atoms with Gasteiger partial charge in [-0.3, -0.25) is 4.68 Å². The summed E-state index contributed by atoms with van der Waals surface area (Å²) >= 11 is 5.85. The van der Waals surface area contributed by atoms with Gasteiger partial charge in [0.15, 0.2) is 0 Å². The van der Waals surface area contributed by atoms with Gasteiger partial charge in [0.25, 0.3) is 0 Å². The number of alkyl halides is 1. The van der Waals surface area contributed by atoms with Crippen LogP contribution in [-0.2, 0) is 13.5 Å². The minimum atomic E-state index is 0.295. The maximum Gasteiger partial charge on any atom is 0.0492 e.